The second-order valence-electron chi connectivity index (χ2n) is 4.43. The van der Waals surface area contributed by atoms with Gasteiger partial charge in [0.15, 0.2) is 0 Å². The van der Waals surface area contributed by atoms with Crippen molar-refractivity contribution < 1.29 is 4.74 Å². The van der Waals surface area contributed by atoms with Gasteiger partial charge < -0.3 is 15.0 Å². The van der Waals surface area contributed by atoms with Gasteiger partial charge in [0.25, 0.3) is 0 Å². The second kappa shape index (κ2) is 5.92. The minimum absolute atomic E-state index is 0.149. The first-order valence-corrected chi connectivity index (χ1v) is 6.38. The number of aryl methyl sites for hydroxylation is 1. The molecule has 0 saturated heterocycles. The van der Waals surface area contributed by atoms with Gasteiger partial charge in [-0.1, -0.05) is 0 Å². The van der Waals surface area contributed by atoms with Crippen molar-refractivity contribution >= 4 is 29.2 Å². The molecule has 0 saturated carbocycles. The molecule has 0 aliphatic rings. The first-order valence-electron chi connectivity index (χ1n) is 6.00. The minimum atomic E-state index is 0.149. The van der Waals surface area contributed by atoms with Gasteiger partial charge in [0, 0.05) is 19.8 Å². The molecule has 0 amide bonds. The van der Waals surface area contributed by atoms with Crippen molar-refractivity contribution in [2.45, 2.75) is 6.92 Å². The predicted octanol–water partition coefficient (Wildman–Crippen LogP) is 2.65. The maximum absolute atomic E-state index is 5.89. The lowest BCUT2D eigenvalue weighted by molar-refractivity contribution is 0.412. The van der Waals surface area contributed by atoms with Crippen molar-refractivity contribution in [1.29, 1.82) is 0 Å². The second-order valence-corrected chi connectivity index (χ2v) is 4.77. The summed E-state index contributed by atoms with van der Waals surface area (Å²) in [5.74, 6) is 1.73. The number of aromatic nitrogens is 3. The number of anilines is 3. The van der Waals surface area contributed by atoms with Gasteiger partial charge in [0.2, 0.25) is 17.2 Å². The van der Waals surface area contributed by atoms with E-state index in [1.54, 1.807) is 12.0 Å². The number of methoxy groups -OCH3 is 1. The van der Waals surface area contributed by atoms with Gasteiger partial charge in [0.1, 0.15) is 5.75 Å². The van der Waals surface area contributed by atoms with Crippen LogP contribution in [0.4, 0.5) is 17.6 Å². The van der Waals surface area contributed by atoms with Crippen LogP contribution in [0.5, 0.6) is 5.75 Å². The van der Waals surface area contributed by atoms with Crippen molar-refractivity contribution in [1.82, 2.24) is 15.0 Å². The van der Waals surface area contributed by atoms with Crippen LogP contribution in [0.1, 0.15) is 5.56 Å². The monoisotopic (exact) mass is 293 g/mol. The number of nitrogens with zero attached hydrogens (tertiary/aromatic N) is 4. The molecule has 106 valence electrons. The highest BCUT2D eigenvalue weighted by atomic mass is 35.5. The highest BCUT2D eigenvalue weighted by molar-refractivity contribution is 6.28. The smallest absolute Gasteiger partial charge is 0.233 e. The van der Waals surface area contributed by atoms with E-state index in [-0.39, 0.29) is 5.28 Å². The standard InChI is InChI=1S/C13H16ClN5O/c1-8-7-9(5-6-10(8)20-4)15-12-16-11(14)17-13(18-12)19(2)3/h5-7H,1-4H3,(H,15,16,17,18). The zero-order chi connectivity index (χ0) is 14.7. The van der Waals surface area contributed by atoms with Crippen LogP contribution in [-0.2, 0) is 0 Å². The Balaban J connectivity index is 2.27. The molecule has 7 heteroatoms. The average molecular weight is 294 g/mol. The molecule has 6 nitrogen and oxygen atoms in total. The van der Waals surface area contributed by atoms with Crippen molar-refractivity contribution in [3.05, 3.63) is 29.0 Å². The van der Waals surface area contributed by atoms with Gasteiger partial charge in [-0.25, -0.2) is 0 Å². The van der Waals surface area contributed by atoms with Crippen molar-refractivity contribution in [2.24, 2.45) is 0 Å². The highest BCUT2D eigenvalue weighted by Crippen LogP contribution is 2.23. The topological polar surface area (TPSA) is 63.2 Å². The van der Waals surface area contributed by atoms with E-state index >= 15 is 0 Å². The zero-order valence-corrected chi connectivity index (χ0v) is 12.6. The molecule has 0 spiro atoms. The quantitative estimate of drug-likeness (QED) is 0.935. The molecule has 0 aliphatic heterocycles. The Hall–Kier alpha value is -2.08. The molecule has 0 bridgehead atoms. The van der Waals surface area contributed by atoms with Gasteiger partial charge in [-0.2, -0.15) is 15.0 Å². The zero-order valence-electron chi connectivity index (χ0n) is 11.8. The largest absolute Gasteiger partial charge is 0.496 e. The molecule has 0 atom stereocenters. The Morgan fingerprint density at radius 3 is 2.55 bits per heavy atom. The van der Waals surface area contributed by atoms with Crippen LogP contribution in [0, 0.1) is 6.92 Å². The fourth-order valence-electron chi connectivity index (χ4n) is 1.68. The predicted molar refractivity (Wildman–Crippen MR) is 80.2 cm³/mol. The highest BCUT2D eigenvalue weighted by Gasteiger charge is 2.07. The lowest BCUT2D eigenvalue weighted by Gasteiger charge is -2.12. The molecule has 0 aliphatic carbocycles. The number of benzene rings is 1. The molecule has 1 aromatic carbocycles. The van der Waals surface area contributed by atoms with Crippen molar-refractivity contribution in [3.63, 3.8) is 0 Å². The van der Waals surface area contributed by atoms with E-state index in [0.29, 0.717) is 11.9 Å². The normalized spacial score (nSPS) is 10.2. The number of hydrogen-bond acceptors (Lipinski definition) is 6. The fourth-order valence-corrected chi connectivity index (χ4v) is 1.84. The van der Waals surface area contributed by atoms with E-state index in [1.807, 2.05) is 39.2 Å². The van der Waals surface area contributed by atoms with E-state index in [9.17, 15) is 0 Å². The van der Waals surface area contributed by atoms with Gasteiger partial charge in [-0.05, 0) is 42.3 Å². The van der Waals surface area contributed by atoms with Crippen LogP contribution in [0.25, 0.3) is 0 Å². The van der Waals surface area contributed by atoms with Crippen molar-refractivity contribution in [2.75, 3.05) is 31.4 Å². The summed E-state index contributed by atoms with van der Waals surface area (Å²) in [6.07, 6.45) is 0. The Morgan fingerprint density at radius 1 is 1.20 bits per heavy atom. The molecule has 1 N–H and O–H groups in total. The molecule has 0 unspecified atom stereocenters. The first kappa shape index (κ1) is 14.3. The maximum atomic E-state index is 5.89. The summed E-state index contributed by atoms with van der Waals surface area (Å²) in [4.78, 5) is 14.1. The summed E-state index contributed by atoms with van der Waals surface area (Å²) in [6.45, 7) is 1.97. The molecule has 0 radical (unpaired) electrons. The van der Waals surface area contributed by atoms with Gasteiger partial charge in [-0.15, -0.1) is 0 Å². The Bertz CT molecular complexity index is 618. The summed E-state index contributed by atoms with van der Waals surface area (Å²) in [5.41, 5.74) is 1.88. The Kier molecular flexibility index (Phi) is 4.24. The Morgan fingerprint density at radius 2 is 1.95 bits per heavy atom. The fraction of sp³-hybridized carbons (Fsp3) is 0.308. The first-order chi connectivity index (χ1) is 9.49. The lowest BCUT2D eigenvalue weighted by Crippen LogP contribution is -2.14. The summed E-state index contributed by atoms with van der Waals surface area (Å²) in [6, 6.07) is 5.72. The van der Waals surface area contributed by atoms with Crippen LogP contribution in [-0.4, -0.2) is 36.2 Å². The average Bonchev–Trinajstić information content (AvgIpc) is 2.38. The minimum Gasteiger partial charge on any atom is -0.496 e. The summed E-state index contributed by atoms with van der Waals surface area (Å²) >= 11 is 5.89. The molecule has 20 heavy (non-hydrogen) atoms. The van der Waals surface area contributed by atoms with Crippen LogP contribution < -0.4 is 15.0 Å². The van der Waals surface area contributed by atoms with E-state index in [0.717, 1.165) is 17.0 Å². The molecular weight excluding hydrogens is 278 g/mol. The molecule has 2 aromatic rings. The van der Waals surface area contributed by atoms with Crippen LogP contribution in [0.15, 0.2) is 18.2 Å². The number of halogens is 1. The molecule has 0 fully saturated rings. The van der Waals surface area contributed by atoms with E-state index < -0.39 is 0 Å². The number of ether oxygens (including phenoxy) is 1. The van der Waals surface area contributed by atoms with E-state index in [1.165, 1.54) is 0 Å². The third-order valence-corrected chi connectivity index (χ3v) is 2.82. The van der Waals surface area contributed by atoms with Crippen molar-refractivity contribution in [3.8, 4) is 5.75 Å². The molecule has 1 heterocycles. The Labute approximate surface area is 122 Å². The number of nitrogens with one attached hydrogen (secondary N) is 1. The molecule has 2 rings (SSSR count). The number of rotatable bonds is 4. The SMILES string of the molecule is COc1ccc(Nc2nc(Cl)nc(N(C)C)n2)cc1C. The van der Waals surface area contributed by atoms with Crippen LogP contribution >= 0.6 is 11.6 Å². The van der Waals surface area contributed by atoms with Crippen LogP contribution in [0.3, 0.4) is 0 Å². The molecule has 1 aromatic heterocycles. The third-order valence-electron chi connectivity index (χ3n) is 2.65. The van der Waals surface area contributed by atoms with Gasteiger partial charge in [0.05, 0.1) is 7.11 Å². The maximum Gasteiger partial charge on any atom is 0.233 e. The summed E-state index contributed by atoms with van der Waals surface area (Å²) < 4.78 is 5.22. The van der Waals surface area contributed by atoms with Crippen LogP contribution in [0.2, 0.25) is 5.28 Å². The van der Waals surface area contributed by atoms with Gasteiger partial charge >= 0.3 is 0 Å². The summed E-state index contributed by atoms with van der Waals surface area (Å²) in [7, 11) is 5.32. The van der Waals surface area contributed by atoms with E-state index in [2.05, 4.69) is 20.3 Å². The number of hydrogen-bond donors (Lipinski definition) is 1. The molecular formula is C13H16ClN5O. The third kappa shape index (κ3) is 3.27. The van der Waals surface area contributed by atoms with Gasteiger partial charge in [-0.3, -0.25) is 0 Å². The lowest BCUT2D eigenvalue weighted by atomic mass is 10.2. The summed E-state index contributed by atoms with van der Waals surface area (Å²) in [5, 5.41) is 3.25. The van der Waals surface area contributed by atoms with E-state index in [4.69, 9.17) is 16.3 Å².